The van der Waals surface area contributed by atoms with Crippen LogP contribution in [-0.4, -0.2) is 25.1 Å². The molecular weight excluding hydrogens is 402 g/mol. The number of cyclic esters (lactones) is 1. The predicted molar refractivity (Wildman–Crippen MR) is 100 cm³/mol. The zero-order valence-corrected chi connectivity index (χ0v) is 16.0. The molecule has 26 heavy (non-hydrogen) atoms. The van der Waals surface area contributed by atoms with Gasteiger partial charge in [-0.25, -0.2) is 9.79 Å². The number of esters is 1. The highest BCUT2D eigenvalue weighted by Crippen LogP contribution is 2.30. The largest absolute Gasteiger partial charge is 0.490 e. The van der Waals surface area contributed by atoms with Crippen molar-refractivity contribution in [2.75, 3.05) is 13.2 Å². The van der Waals surface area contributed by atoms with E-state index in [4.69, 9.17) is 18.6 Å². The van der Waals surface area contributed by atoms with Crippen LogP contribution in [0.4, 0.5) is 0 Å². The summed E-state index contributed by atoms with van der Waals surface area (Å²) in [4.78, 5) is 16.3. The molecular formula is C19H18BrNO5. The minimum atomic E-state index is -0.531. The van der Waals surface area contributed by atoms with Gasteiger partial charge >= 0.3 is 5.97 Å². The molecule has 2 heterocycles. The highest BCUT2D eigenvalue weighted by atomic mass is 79.9. The summed E-state index contributed by atoms with van der Waals surface area (Å²) in [7, 11) is 0. The summed E-state index contributed by atoms with van der Waals surface area (Å²) in [5.41, 5.74) is 0.951. The number of benzene rings is 1. The molecule has 3 rings (SSSR count). The first-order valence-electron chi connectivity index (χ1n) is 8.28. The summed E-state index contributed by atoms with van der Waals surface area (Å²) in [5, 5.41) is 0. The molecule has 2 aromatic rings. The minimum Gasteiger partial charge on any atom is -0.490 e. The first-order chi connectivity index (χ1) is 12.6. The van der Waals surface area contributed by atoms with Crippen LogP contribution < -0.4 is 9.47 Å². The average molecular weight is 420 g/mol. The Labute approximate surface area is 159 Å². The number of nitrogens with zero attached hydrogens (tertiary/aromatic N) is 1. The van der Waals surface area contributed by atoms with E-state index in [1.807, 2.05) is 32.0 Å². The van der Waals surface area contributed by atoms with Crippen molar-refractivity contribution in [2.45, 2.75) is 20.3 Å². The molecule has 0 saturated carbocycles. The minimum absolute atomic E-state index is 0.139. The molecule has 1 aromatic heterocycles. The fraction of sp³-hybridized carbons (Fsp3) is 0.263. The van der Waals surface area contributed by atoms with E-state index < -0.39 is 5.97 Å². The lowest BCUT2D eigenvalue weighted by atomic mass is 10.1. The van der Waals surface area contributed by atoms with E-state index in [0.29, 0.717) is 35.1 Å². The molecule has 0 unspecified atom stereocenters. The van der Waals surface area contributed by atoms with Crippen LogP contribution >= 0.6 is 15.9 Å². The Morgan fingerprint density at radius 2 is 2.00 bits per heavy atom. The molecule has 1 aliphatic heterocycles. The van der Waals surface area contributed by atoms with E-state index in [-0.39, 0.29) is 11.6 Å². The highest BCUT2D eigenvalue weighted by Gasteiger charge is 2.26. The Balaban J connectivity index is 1.87. The van der Waals surface area contributed by atoms with Gasteiger partial charge in [0.05, 0.1) is 13.2 Å². The Morgan fingerprint density at radius 3 is 2.69 bits per heavy atom. The zero-order valence-electron chi connectivity index (χ0n) is 14.5. The molecule has 0 N–H and O–H groups in total. The molecule has 0 radical (unpaired) electrons. The van der Waals surface area contributed by atoms with Crippen molar-refractivity contribution in [3.63, 3.8) is 0 Å². The highest BCUT2D eigenvalue weighted by molar-refractivity contribution is 9.10. The standard InChI is InChI=1S/C19H18BrNO5/c1-3-9-24-14-6-5-12(11-16(14)23-4-2)10-13-19(22)26-18(21-13)15-7-8-17(20)25-15/h5-8,10-11H,3-4,9H2,1-2H3/b13-10-. The number of carbonyl (C=O) groups excluding carboxylic acids is 1. The van der Waals surface area contributed by atoms with Crippen molar-refractivity contribution < 1.29 is 23.4 Å². The summed E-state index contributed by atoms with van der Waals surface area (Å²) < 4.78 is 22.4. The first-order valence-corrected chi connectivity index (χ1v) is 9.08. The molecule has 0 saturated heterocycles. The number of aliphatic imine (C=N–C) groups is 1. The average Bonchev–Trinajstić information content (AvgIpc) is 3.21. The second-order valence-electron chi connectivity index (χ2n) is 5.43. The van der Waals surface area contributed by atoms with Gasteiger partial charge in [-0.1, -0.05) is 13.0 Å². The van der Waals surface area contributed by atoms with Gasteiger partial charge in [-0.15, -0.1) is 0 Å². The second kappa shape index (κ2) is 8.23. The van der Waals surface area contributed by atoms with Crippen LogP contribution in [0.15, 0.2) is 50.1 Å². The SMILES string of the molecule is CCCOc1ccc(/C=C2\N=C(c3ccc(Br)o3)OC2=O)cc1OCC. The molecule has 6 nitrogen and oxygen atoms in total. The number of furan rings is 1. The van der Waals surface area contributed by atoms with E-state index in [9.17, 15) is 4.79 Å². The third-order valence-corrected chi connectivity index (χ3v) is 3.86. The van der Waals surface area contributed by atoms with Gasteiger partial charge in [0, 0.05) is 0 Å². The second-order valence-corrected chi connectivity index (χ2v) is 6.21. The summed E-state index contributed by atoms with van der Waals surface area (Å²) in [6.45, 7) is 5.07. The smallest absolute Gasteiger partial charge is 0.363 e. The Bertz CT molecular complexity index is 869. The lowest BCUT2D eigenvalue weighted by Gasteiger charge is -2.12. The Morgan fingerprint density at radius 1 is 1.15 bits per heavy atom. The number of halogens is 1. The molecule has 0 atom stereocenters. The molecule has 0 spiro atoms. The number of rotatable bonds is 7. The van der Waals surface area contributed by atoms with Crippen LogP contribution in [0.3, 0.4) is 0 Å². The van der Waals surface area contributed by atoms with Gasteiger partial charge in [-0.3, -0.25) is 0 Å². The van der Waals surface area contributed by atoms with Crippen molar-refractivity contribution in [1.82, 2.24) is 0 Å². The summed E-state index contributed by atoms with van der Waals surface area (Å²) in [5.74, 6) is 1.29. The van der Waals surface area contributed by atoms with Gasteiger partial charge in [0.15, 0.2) is 27.6 Å². The molecule has 136 valence electrons. The number of hydrogen-bond acceptors (Lipinski definition) is 6. The fourth-order valence-corrected chi connectivity index (χ4v) is 2.62. The first kappa shape index (κ1) is 18.3. The van der Waals surface area contributed by atoms with E-state index in [1.165, 1.54) is 0 Å². The summed E-state index contributed by atoms with van der Waals surface area (Å²) >= 11 is 3.21. The van der Waals surface area contributed by atoms with Gasteiger partial charge in [0.2, 0.25) is 0 Å². The third kappa shape index (κ3) is 4.16. The van der Waals surface area contributed by atoms with Crippen LogP contribution in [0, 0.1) is 0 Å². The van der Waals surface area contributed by atoms with E-state index in [1.54, 1.807) is 18.2 Å². The van der Waals surface area contributed by atoms with Crippen molar-refractivity contribution in [1.29, 1.82) is 0 Å². The van der Waals surface area contributed by atoms with Crippen LogP contribution in [-0.2, 0) is 9.53 Å². The van der Waals surface area contributed by atoms with Crippen LogP contribution in [0.25, 0.3) is 6.08 Å². The lowest BCUT2D eigenvalue weighted by molar-refractivity contribution is -0.130. The number of carbonyl (C=O) groups is 1. The summed E-state index contributed by atoms with van der Waals surface area (Å²) in [6, 6.07) is 8.85. The lowest BCUT2D eigenvalue weighted by Crippen LogP contribution is -2.04. The van der Waals surface area contributed by atoms with Gasteiger partial charge in [0.1, 0.15) is 0 Å². The predicted octanol–water partition coefficient (Wildman–Crippen LogP) is 4.57. The molecule has 1 aromatic carbocycles. The van der Waals surface area contributed by atoms with Crippen molar-refractivity contribution >= 4 is 33.9 Å². The maximum absolute atomic E-state index is 12.1. The third-order valence-electron chi connectivity index (χ3n) is 3.44. The monoisotopic (exact) mass is 419 g/mol. The normalized spacial score (nSPS) is 15.1. The van der Waals surface area contributed by atoms with Gasteiger partial charge in [0.25, 0.3) is 5.90 Å². The maximum atomic E-state index is 12.1. The van der Waals surface area contributed by atoms with Crippen molar-refractivity contribution in [3.05, 3.63) is 52.0 Å². The van der Waals surface area contributed by atoms with E-state index in [0.717, 1.165) is 12.0 Å². The summed E-state index contributed by atoms with van der Waals surface area (Å²) in [6.07, 6.45) is 2.54. The van der Waals surface area contributed by atoms with E-state index >= 15 is 0 Å². The Hall–Kier alpha value is -2.54. The topological polar surface area (TPSA) is 70.3 Å². The van der Waals surface area contributed by atoms with E-state index in [2.05, 4.69) is 20.9 Å². The number of ether oxygens (including phenoxy) is 3. The molecule has 7 heteroatoms. The van der Waals surface area contributed by atoms with Crippen LogP contribution in [0.2, 0.25) is 0 Å². The van der Waals surface area contributed by atoms with Crippen LogP contribution in [0.5, 0.6) is 11.5 Å². The maximum Gasteiger partial charge on any atom is 0.363 e. The van der Waals surface area contributed by atoms with Crippen molar-refractivity contribution in [3.8, 4) is 11.5 Å². The van der Waals surface area contributed by atoms with Gasteiger partial charge in [-0.2, -0.15) is 0 Å². The molecule has 0 amide bonds. The van der Waals surface area contributed by atoms with Gasteiger partial charge in [-0.05, 0) is 65.2 Å². The molecule has 0 aliphatic carbocycles. The molecule has 1 aliphatic rings. The zero-order chi connectivity index (χ0) is 18.5. The quantitative estimate of drug-likeness (QED) is 0.485. The van der Waals surface area contributed by atoms with Crippen molar-refractivity contribution in [2.24, 2.45) is 4.99 Å². The fourth-order valence-electron chi connectivity index (χ4n) is 2.32. The van der Waals surface area contributed by atoms with Crippen LogP contribution in [0.1, 0.15) is 31.6 Å². The molecule has 0 bridgehead atoms. The number of hydrogen-bond donors (Lipinski definition) is 0. The van der Waals surface area contributed by atoms with Gasteiger partial charge < -0.3 is 18.6 Å². The molecule has 0 fully saturated rings. The Kier molecular flexibility index (Phi) is 5.78.